The second-order valence-corrected chi connectivity index (χ2v) is 7.29. The molecule has 0 atom stereocenters. The van der Waals surface area contributed by atoms with E-state index in [9.17, 15) is 14.4 Å². The fraction of sp³-hybridized carbons (Fsp3) is 0.526. The van der Waals surface area contributed by atoms with Gasteiger partial charge in [-0.25, -0.2) is 4.79 Å². The van der Waals surface area contributed by atoms with Crippen molar-refractivity contribution in [3.63, 3.8) is 0 Å². The monoisotopic (exact) mass is 380 g/mol. The molecule has 1 aromatic rings. The molecule has 0 N–H and O–H groups in total. The summed E-state index contributed by atoms with van der Waals surface area (Å²) in [6, 6.07) is 4.67. The van der Waals surface area contributed by atoms with E-state index in [2.05, 4.69) is 0 Å². The highest BCUT2D eigenvalue weighted by atomic mass is 35.5. The normalized spacial score (nSPS) is 14.3. The summed E-state index contributed by atoms with van der Waals surface area (Å²) in [5.41, 5.74) is 0.762. The van der Waals surface area contributed by atoms with Crippen LogP contribution in [0.5, 0.6) is 0 Å². The lowest BCUT2D eigenvalue weighted by atomic mass is 10.2. The molecule has 1 aliphatic heterocycles. The van der Waals surface area contributed by atoms with Crippen LogP contribution in [0.25, 0.3) is 0 Å². The number of rotatable bonds is 6. The van der Waals surface area contributed by atoms with E-state index >= 15 is 0 Å². The molecule has 0 bridgehead atoms. The summed E-state index contributed by atoms with van der Waals surface area (Å²) in [6.45, 7) is 7.91. The molecule has 0 spiro atoms. The molecule has 0 aromatic heterocycles. The van der Waals surface area contributed by atoms with Crippen molar-refractivity contribution < 1.29 is 19.1 Å². The van der Waals surface area contributed by atoms with Crippen molar-refractivity contribution in [3.05, 3.63) is 28.8 Å². The van der Waals surface area contributed by atoms with Crippen molar-refractivity contribution in [1.29, 1.82) is 0 Å². The van der Waals surface area contributed by atoms with E-state index in [1.807, 2.05) is 27.7 Å². The molecule has 0 radical (unpaired) electrons. The van der Waals surface area contributed by atoms with Gasteiger partial charge in [-0.05, 0) is 52.3 Å². The Labute approximate surface area is 159 Å². The van der Waals surface area contributed by atoms with E-state index in [-0.39, 0.29) is 36.1 Å². The quantitative estimate of drug-likeness (QED) is 0.710. The molecular weight excluding hydrogens is 356 g/mol. The van der Waals surface area contributed by atoms with Crippen LogP contribution in [-0.2, 0) is 14.3 Å². The number of carbonyl (C=O) groups is 3. The molecule has 1 aliphatic rings. The summed E-state index contributed by atoms with van der Waals surface area (Å²) in [4.78, 5) is 39.8. The van der Waals surface area contributed by atoms with E-state index in [1.54, 1.807) is 21.9 Å². The van der Waals surface area contributed by atoms with Gasteiger partial charge >= 0.3 is 5.97 Å². The summed E-state index contributed by atoms with van der Waals surface area (Å²) in [7, 11) is 0. The second-order valence-electron chi connectivity index (χ2n) is 6.88. The van der Waals surface area contributed by atoms with Crippen LogP contribution in [0.1, 0.15) is 50.9 Å². The topological polar surface area (TPSA) is 66.9 Å². The van der Waals surface area contributed by atoms with Gasteiger partial charge < -0.3 is 14.5 Å². The fourth-order valence-electron chi connectivity index (χ4n) is 3.21. The van der Waals surface area contributed by atoms with Crippen LogP contribution in [0.3, 0.4) is 0 Å². The molecule has 0 unspecified atom stereocenters. The zero-order valence-corrected chi connectivity index (χ0v) is 16.4. The number of amides is 2. The van der Waals surface area contributed by atoms with Crippen molar-refractivity contribution in [2.75, 3.05) is 18.1 Å². The third kappa shape index (κ3) is 4.55. The van der Waals surface area contributed by atoms with Crippen molar-refractivity contribution >= 4 is 35.1 Å². The first kappa shape index (κ1) is 20.2. The van der Waals surface area contributed by atoms with Crippen molar-refractivity contribution in [2.24, 2.45) is 0 Å². The second kappa shape index (κ2) is 8.54. The maximum Gasteiger partial charge on any atom is 0.338 e. The number of hydrogen-bond donors (Lipinski definition) is 0. The summed E-state index contributed by atoms with van der Waals surface area (Å²) in [5.74, 6) is -0.875. The van der Waals surface area contributed by atoms with Crippen LogP contribution in [0.2, 0.25) is 5.02 Å². The molecule has 2 amide bonds. The van der Waals surface area contributed by atoms with Gasteiger partial charge in [-0.2, -0.15) is 0 Å². The molecular formula is C19H25ClN2O4. The van der Waals surface area contributed by atoms with Crippen LogP contribution in [0.15, 0.2) is 18.2 Å². The number of ether oxygens (including phenoxy) is 1. The van der Waals surface area contributed by atoms with Crippen molar-refractivity contribution in [2.45, 2.75) is 52.6 Å². The van der Waals surface area contributed by atoms with Gasteiger partial charge in [-0.3, -0.25) is 9.59 Å². The number of benzene rings is 1. The maximum atomic E-state index is 12.3. The van der Waals surface area contributed by atoms with E-state index in [0.29, 0.717) is 23.7 Å². The number of hydrogen-bond acceptors (Lipinski definition) is 4. The summed E-state index contributed by atoms with van der Waals surface area (Å²) in [5, 5.41) is 0.402. The lowest BCUT2D eigenvalue weighted by molar-refractivity contribution is -0.138. The number of carbonyl (C=O) groups excluding carboxylic acids is 3. The number of nitrogens with zero attached hydrogens (tertiary/aromatic N) is 2. The predicted octanol–water partition coefficient (Wildman–Crippen LogP) is 3.27. The molecule has 1 saturated heterocycles. The third-order valence-corrected chi connectivity index (χ3v) is 4.59. The third-order valence-electron chi connectivity index (χ3n) is 4.27. The van der Waals surface area contributed by atoms with E-state index in [4.69, 9.17) is 16.3 Å². The molecule has 0 aliphatic carbocycles. The van der Waals surface area contributed by atoms with Crippen molar-refractivity contribution in [1.82, 2.24) is 4.90 Å². The van der Waals surface area contributed by atoms with Crippen LogP contribution < -0.4 is 4.90 Å². The van der Waals surface area contributed by atoms with Crippen LogP contribution in [-0.4, -0.2) is 47.9 Å². The predicted molar refractivity (Wildman–Crippen MR) is 100 cm³/mol. The standard InChI is InChI=1S/C19H25ClN2O4/c1-12(2)22(13(3)4)18(24)11-26-19(25)14-7-8-15(20)16(10-14)21-9-5-6-17(21)23/h7-8,10,12-13H,5-6,9,11H2,1-4H3. The SMILES string of the molecule is CC(C)N(C(=O)COC(=O)c1ccc(Cl)c(N2CCCC2=O)c1)C(C)C. The van der Waals surface area contributed by atoms with Gasteiger partial charge in [0.05, 0.1) is 16.3 Å². The van der Waals surface area contributed by atoms with Gasteiger partial charge in [0, 0.05) is 25.0 Å². The lowest BCUT2D eigenvalue weighted by Crippen LogP contribution is -2.44. The van der Waals surface area contributed by atoms with Gasteiger partial charge in [-0.15, -0.1) is 0 Å². The smallest absolute Gasteiger partial charge is 0.338 e. The molecule has 0 saturated carbocycles. The zero-order valence-electron chi connectivity index (χ0n) is 15.6. The maximum absolute atomic E-state index is 12.3. The first-order valence-electron chi connectivity index (χ1n) is 8.80. The Hall–Kier alpha value is -2.08. The Morgan fingerprint density at radius 3 is 2.42 bits per heavy atom. The molecule has 2 rings (SSSR count). The first-order chi connectivity index (χ1) is 12.2. The minimum Gasteiger partial charge on any atom is -0.452 e. The molecule has 1 aromatic carbocycles. The van der Waals surface area contributed by atoms with E-state index in [0.717, 1.165) is 6.42 Å². The highest BCUT2D eigenvalue weighted by molar-refractivity contribution is 6.34. The number of anilines is 1. The average molecular weight is 381 g/mol. The molecule has 142 valence electrons. The Balaban J connectivity index is 2.08. The van der Waals surface area contributed by atoms with E-state index < -0.39 is 5.97 Å². The Morgan fingerprint density at radius 1 is 1.23 bits per heavy atom. The zero-order chi connectivity index (χ0) is 19.4. The molecule has 7 heteroatoms. The van der Waals surface area contributed by atoms with Crippen molar-refractivity contribution in [3.8, 4) is 0 Å². The minimum absolute atomic E-state index is 0.0166. The molecule has 1 heterocycles. The number of halogens is 1. The van der Waals surface area contributed by atoms with Crippen LogP contribution >= 0.6 is 11.6 Å². The summed E-state index contributed by atoms with van der Waals surface area (Å²) < 4.78 is 5.18. The van der Waals surface area contributed by atoms with Gasteiger partial charge in [0.1, 0.15) is 0 Å². The Bertz CT molecular complexity index is 695. The highest BCUT2D eigenvalue weighted by Crippen LogP contribution is 2.30. The average Bonchev–Trinajstić information content (AvgIpc) is 2.98. The Morgan fingerprint density at radius 2 is 1.88 bits per heavy atom. The van der Waals surface area contributed by atoms with Crippen LogP contribution in [0.4, 0.5) is 5.69 Å². The first-order valence-corrected chi connectivity index (χ1v) is 9.18. The highest BCUT2D eigenvalue weighted by Gasteiger charge is 2.25. The van der Waals surface area contributed by atoms with Gasteiger partial charge in [0.25, 0.3) is 5.91 Å². The van der Waals surface area contributed by atoms with Gasteiger partial charge in [0.15, 0.2) is 6.61 Å². The summed E-state index contributed by atoms with van der Waals surface area (Å²) in [6.07, 6.45) is 1.23. The van der Waals surface area contributed by atoms with Gasteiger partial charge in [0.2, 0.25) is 5.91 Å². The fourth-order valence-corrected chi connectivity index (χ4v) is 3.43. The van der Waals surface area contributed by atoms with Crippen LogP contribution in [0, 0.1) is 0 Å². The number of esters is 1. The molecule has 6 nitrogen and oxygen atoms in total. The van der Waals surface area contributed by atoms with E-state index in [1.165, 1.54) is 6.07 Å². The lowest BCUT2D eigenvalue weighted by Gasteiger charge is -2.30. The largest absolute Gasteiger partial charge is 0.452 e. The summed E-state index contributed by atoms with van der Waals surface area (Å²) >= 11 is 6.18. The minimum atomic E-state index is -0.615. The molecule has 26 heavy (non-hydrogen) atoms. The molecule has 1 fully saturated rings. The Kier molecular flexibility index (Phi) is 6.64. The van der Waals surface area contributed by atoms with Gasteiger partial charge in [-0.1, -0.05) is 11.6 Å².